The maximum atomic E-state index is 11.9. The fourth-order valence-electron chi connectivity index (χ4n) is 1.74. The lowest BCUT2D eigenvalue weighted by Crippen LogP contribution is -2.25. The van der Waals surface area contributed by atoms with Gasteiger partial charge in [0.05, 0.1) is 18.2 Å². The number of aliphatic hydroxyl groups is 1. The lowest BCUT2D eigenvalue weighted by Gasteiger charge is -2.07. The second-order valence-electron chi connectivity index (χ2n) is 4.14. The minimum atomic E-state index is -0.229. The summed E-state index contributed by atoms with van der Waals surface area (Å²) in [4.78, 5) is 11.9. The van der Waals surface area contributed by atoms with Crippen molar-refractivity contribution in [2.75, 3.05) is 33.2 Å². The molecule has 0 saturated heterocycles. The Hall–Kier alpha value is -1.50. The molecule has 6 nitrogen and oxygen atoms in total. The van der Waals surface area contributed by atoms with Crippen molar-refractivity contribution >= 4 is 17.5 Å². The van der Waals surface area contributed by atoms with Gasteiger partial charge in [-0.25, -0.2) is 0 Å². The van der Waals surface area contributed by atoms with E-state index in [0.29, 0.717) is 48.3 Å². The van der Waals surface area contributed by atoms with Gasteiger partial charge in [-0.05, 0) is 18.6 Å². The van der Waals surface area contributed by atoms with E-state index in [2.05, 4.69) is 5.32 Å². The van der Waals surface area contributed by atoms with Gasteiger partial charge in [0.1, 0.15) is 0 Å². The summed E-state index contributed by atoms with van der Waals surface area (Å²) in [7, 11) is 0. The van der Waals surface area contributed by atoms with E-state index in [9.17, 15) is 4.79 Å². The quantitative estimate of drug-likeness (QED) is 0.740. The molecule has 1 aromatic carbocycles. The zero-order valence-electron chi connectivity index (χ0n) is 10.9. The van der Waals surface area contributed by atoms with Crippen molar-refractivity contribution in [3.63, 3.8) is 0 Å². The van der Waals surface area contributed by atoms with E-state index in [1.165, 1.54) is 0 Å². The van der Waals surface area contributed by atoms with Crippen LogP contribution >= 0.6 is 11.6 Å². The van der Waals surface area contributed by atoms with E-state index in [-0.39, 0.29) is 19.3 Å². The third-order valence-corrected chi connectivity index (χ3v) is 2.96. The number of ether oxygens (including phenoxy) is 3. The van der Waals surface area contributed by atoms with Crippen LogP contribution in [0.3, 0.4) is 0 Å². The third-order valence-electron chi connectivity index (χ3n) is 2.68. The minimum absolute atomic E-state index is 0.00204. The van der Waals surface area contributed by atoms with Crippen LogP contribution < -0.4 is 14.8 Å². The summed E-state index contributed by atoms with van der Waals surface area (Å²) in [6, 6.07) is 3.15. The number of carbonyl (C=O) groups is 1. The maximum absolute atomic E-state index is 11.9. The van der Waals surface area contributed by atoms with Crippen LogP contribution in [0.5, 0.6) is 11.5 Å². The Morgan fingerprint density at radius 3 is 3.05 bits per heavy atom. The summed E-state index contributed by atoms with van der Waals surface area (Å²) in [5.41, 5.74) is 0.426. The standard InChI is InChI=1S/C13H16ClNO5/c14-10-6-9(7-11-12(10)20-8-19-11)13(17)15-2-1-4-18-5-3-16/h6-7,16H,1-5,8H2,(H,15,17). The van der Waals surface area contributed by atoms with Gasteiger partial charge in [-0.15, -0.1) is 0 Å². The number of amides is 1. The SMILES string of the molecule is O=C(NCCCOCCO)c1cc(Cl)c2c(c1)OCO2. The van der Waals surface area contributed by atoms with Crippen molar-refractivity contribution < 1.29 is 24.1 Å². The Morgan fingerprint density at radius 2 is 2.25 bits per heavy atom. The molecule has 1 aliphatic heterocycles. The lowest BCUT2D eigenvalue weighted by molar-refractivity contribution is 0.0867. The van der Waals surface area contributed by atoms with Crippen molar-refractivity contribution in [1.82, 2.24) is 5.32 Å². The number of rotatable bonds is 7. The van der Waals surface area contributed by atoms with Crippen molar-refractivity contribution in [1.29, 1.82) is 0 Å². The first-order valence-corrected chi connectivity index (χ1v) is 6.66. The Balaban J connectivity index is 1.82. The fraction of sp³-hybridized carbons (Fsp3) is 0.462. The van der Waals surface area contributed by atoms with Gasteiger partial charge < -0.3 is 24.6 Å². The predicted molar refractivity (Wildman–Crippen MR) is 72.4 cm³/mol. The first kappa shape index (κ1) is 14.9. The fourth-order valence-corrected chi connectivity index (χ4v) is 2.01. The van der Waals surface area contributed by atoms with Crippen LogP contribution in [0, 0.1) is 0 Å². The number of hydrogen-bond acceptors (Lipinski definition) is 5. The number of nitrogens with one attached hydrogen (secondary N) is 1. The molecule has 1 amide bonds. The van der Waals surface area contributed by atoms with Gasteiger partial charge in [-0.3, -0.25) is 4.79 Å². The van der Waals surface area contributed by atoms with E-state index in [0.717, 1.165) is 0 Å². The van der Waals surface area contributed by atoms with Gasteiger partial charge in [-0.1, -0.05) is 11.6 Å². The van der Waals surface area contributed by atoms with Gasteiger partial charge in [-0.2, -0.15) is 0 Å². The molecule has 20 heavy (non-hydrogen) atoms. The molecular weight excluding hydrogens is 286 g/mol. The first-order chi connectivity index (χ1) is 9.72. The molecule has 0 saturated carbocycles. The number of aliphatic hydroxyl groups excluding tert-OH is 1. The van der Waals surface area contributed by atoms with Gasteiger partial charge in [0.15, 0.2) is 11.5 Å². The van der Waals surface area contributed by atoms with Crippen LogP contribution in [0.2, 0.25) is 5.02 Å². The normalized spacial score (nSPS) is 12.5. The van der Waals surface area contributed by atoms with E-state index in [1.54, 1.807) is 12.1 Å². The van der Waals surface area contributed by atoms with Crippen LogP contribution in [0.15, 0.2) is 12.1 Å². The van der Waals surface area contributed by atoms with E-state index >= 15 is 0 Å². The van der Waals surface area contributed by atoms with Gasteiger partial charge in [0.25, 0.3) is 5.91 Å². The van der Waals surface area contributed by atoms with Crippen molar-refractivity contribution in [3.05, 3.63) is 22.7 Å². The van der Waals surface area contributed by atoms with Crippen LogP contribution in [0.1, 0.15) is 16.8 Å². The summed E-state index contributed by atoms with van der Waals surface area (Å²) >= 11 is 6.01. The maximum Gasteiger partial charge on any atom is 0.251 e. The molecule has 0 fully saturated rings. The monoisotopic (exact) mass is 301 g/mol. The second kappa shape index (κ2) is 7.33. The summed E-state index contributed by atoms with van der Waals surface area (Å²) in [6.07, 6.45) is 0.671. The van der Waals surface area contributed by atoms with Crippen molar-refractivity contribution in [3.8, 4) is 11.5 Å². The summed E-state index contributed by atoms with van der Waals surface area (Å²) in [5, 5.41) is 11.6. The zero-order valence-corrected chi connectivity index (χ0v) is 11.6. The van der Waals surface area contributed by atoms with Gasteiger partial charge in [0.2, 0.25) is 6.79 Å². The lowest BCUT2D eigenvalue weighted by atomic mass is 10.2. The molecule has 0 atom stereocenters. The Bertz CT molecular complexity index is 480. The molecule has 7 heteroatoms. The van der Waals surface area contributed by atoms with Crippen LogP contribution in [-0.4, -0.2) is 44.2 Å². The molecule has 2 rings (SSSR count). The van der Waals surface area contributed by atoms with Gasteiger partial charge >= 0.3 is 0 Å². The smallest absolute Gasteiger partial charge is 0.251 e. The topological polar surface area (TPSA) is 77.0 Å². The minimum Gasteiger partial charge on any atom is -0.454 e. The number of halogens is 1. The Kier molecular flexibility index (Phi) is 5.46. The molecule has 1 heterocycles. The molecule has 0 radical (unpaired) electrons. The van der Waals surface area contributed by atoms with Crippen LogP contribution in [0.25, 0.3) is 0 Å². The van der Waals surface area contributed by atoms with E-state index in [4.69, 9.17) is 30.9 Å². The highest BCUT2D eigenvalue weighted by Gasteiger charge is 2.20. The second-order valence-corrected chi connectivity index (χ2v) is 4.54. The molecule has 1 aliphatic rings. The highest BCUT2D eigenvalue weighted by molar-refractivity contribution is 6.32. The van der Waals surface area contributed by atoms with Crippen molar-refractivity contribution in [2.24, 2.45) is 0 Å². The number of carbonyl (C=O) groups excluding carboxylic acids is 1. The average molecular weight is 302 g/mol. The molecule has 0 bridgehead atoms. The largest absolute Gasteiger partial charge is 0.454 e. The average Bonchev–Trinajstić information content (AvgIpc) is 2.91. The highest BCUT2D eigenvalue weighted by atomic mass is 35.5. The molecule has 0 unspecified atom stereocenters. The molecule has 110 valence electrons. The molecule has 2 N–H and O–H groups in total. The summed E-state index contributed by atoms with van der Waals surface area (Å²) in [6.45, 7) is 1.40. The molecular formula is C13H16ClNO5. The summed E-state index contributed by atoms with van der Waals surface area (Å²) in [5.74, 6) is 0.724. The zero-order chi connectivity index (χ0) is 14.4. The Labute approximate surface area is 121 Å². The third kappa shape index (κ3) is 3.75. The molecule has 0 spiro atoms. The number of fused-ring (bicyclic) bond motifs is 1. The van der Waals surface area contributed by atoms with Gasteiger partial charge in [0, 0.05) is 18.7 Å². The Morgan fingerprint density at radius 1 is 1.40 bits per heavy atom. The van der Waals surface area contributed by atoms with E-state index < -0.39 is 0 Å². The van der Waals surface area contributed by atoms with Crippen LogP contribution in [0.4, 0.5) is 0 Å². The van der Waals surface area contributed by atoms with E-state index in [1.807, 2.05) is 0 Å². The summed E-state index contributed by atoms with van der Waals surface area (Å²) < 4.78 is 15.5. The number of hydrogen-bond donors (Lipinski definition) is 2. The molecule has 0 aliphatic carbocycles. The number of benzene rings is 1. The highest BCUT2D eigenvalue weighted by Crippen LogP contribution is 2.39. The molecule has 0 aromatic heterocycles. The van der Waals surface area contributed by atoms with Crippen molar-refractivity contribution in [2.45, 2.75) is 6.42 Å². The molecule has 1 aromatic rings. The first-order valence-electron chi connectivity index (χ1n) is 6.28. The predicted octanol–water partition coefficient (Wildman–Crippen LogP) is 1.20. The van der Waals surface area contributed by atoms with Crippen LogP contribution in [-0.2, 0) is 4.74 Å².